The molecule has 0 radical (unpaired) electrons. The summed E-state index contributed by atoms with van der Waals surface area (Å²) in [5.74, 6) is 1.32. The maximum Gasteiger partial charge on any atom is 0.274 e. The molecular formula is C23H18N2O3. The zero-order chi connectivity index (χ0) is 18.9. The molecule has 1 amide bonds. The van der Waals surface area contributed by atoms with Crippen molar-refractivity contribution in [2.45, 2.75) is 12.5 Å². The average molecular weight is 370 g/mol. The van der Waals surface area contributed by atoms with Gasteiger partial charge in [-0.15, -0.1) is 0 Å². The number of ether oxygens (including phenoxy) is 2. The number of fused-ring (bicyclic) bond motifs is 1. The van der Waals surface area contributed by atoms with Crippen LogP contribution in [-0.4, -0.2) is 23.4 Å². The lowest BCUT2D eigenvalue weighted by Gasteiger charge is -2.22. The lowest BCUT2D eigenvalue weighted by atomic mass is 9.98. The van der Waals surface area contributed by atoms with Crippen LogP contribution in [0.5, 0.6) is 11.5 Å². The number of hydrogen-bond donors (Lipinski definition) is 0. The Morgan fingerprint density at radius 1 is 0.893 bits per heavy atom. The van der Waals surface area contributed by atoms with E-state index in [-0.39, 0.29) is 18.7 Å². The smallest absolute Gasteiger partial charge is 0.274 e. The summed E-state index contributed by atoms with van der Waals surface area (Å²) in [6, 6.07) is 24.8. The molecule has 3 aromatic rings. The number of benzene rings is 3. The van der Waals surface area contributed by atoms with Crippen LogP contribution in [0.3, 0.4) is 0 Å². The molecule has 0 N–H and O–H groups in total. The second-order valence-electron chi connectivity index (χ2n) is 6.76. The predicted molar refractivity (Wildman–Crippen MR) is 106 cm³/mol. The van der Waals surface area contributed by atoms with E-state index < -0.39 is 0 Å². The van der Waals surface area contributed by atoms with Crippen LogP contribution in [0.1, 0.15) is 33.9 Å². The van der Waals surface area contributed by atoms with Crippen molar-refractivity contribution in [3.8, 4) is 11.5 Å². The summed E-state index contributed by atoms with van der Waals surface area (Å²) >= 11 is 0. The molecule has 0 unspecified atom stereocenters. The highest BCUT2D eigenvalue weighted by atomic mass is 16.7. The number of carbonyl (C=O) groups is 1. The van der Waals surface area contributed by atoms with Gasteiger partial charge in [-0.05, 0) is 35.4 Å². The van der Waals surface area contributed by atoms with Gasteiger partial charge in [-0.25, -0.2) is 5.01 Å². The maximum absolute atomic E-state index is 13.2. The molecule has 0 bridgehead atoms. The van der Waals surface area contributed by atoms with E-state index in [2.05, 4.69) is 0 Å². The zero-order valence-corrected chi connectivity index (χ0v) is 15.1. The lowest BCUT2D eigenvalue weighted by molar-refractivity contribution is 0.0711. The first-order valence-electron chi connectivity index (χ1n) is 9.21. The van der Waals surface area contributed by atoms with E-state index in [4.69, 9.17) is 14.6 Å². The Balaban J connectivity index is 1.54. The monoisotopic (exact) mass is 370 g/mol. The topological polar surface area (TPSA) is 51.1 Å². The van der Waals surface area contributed by atoms with Crippen molar-refractivity contribution in [2.24, 2.45) is 5.10 Å². The zero-order valence-electron chi connectivity index (χ0n) is 15.1. The van der Waals surface area contributed by atoms with Crippen LogP contribution in [0, 0.1) is 0 Å². The van der Waals surface area contributed by atoms with Crippen molar-refractivity contribution in [2.75, 3.05) is 6.79 Å². The second kappa shape index (κ2) is 6.85. The van der Waals surface area contributed by atoms with Gasteiger partial charge < -0.3 is 9.47 Å². The van der Waals surface area contributed by atoms with Gasteiger partial charge in [-0.3, -0.25) is 4.79 Å². The predicted octanol–water partition coefficient (Wildman–Crippen LogP) is 4.41. The molecule has 0 aliphatic carbocycles. The third-order valence-electron chi connectivity index (χ3n) is 5.03. The minimum absolute atomic E-state index is 0.116. The van der Waals surface area contributed by atoms with E-state index >= 15 is 0 Å². The Morgan fingerprint density at radius 3 is 2.39 bits per heavy atom. The van der Waals surface area contributed by atoms with Crippen molar-refractivity contribution < 1.29 is 14.3 Å². The van der Waals surface area contributed by atoms with Crippen LogP contribution in [0.25, 0.3) is 0 Å². The van der Waals surface area contributed by atoms with Gasteiger partial charge in [0.2, 0.25) is 6.79 Å². The third-order valence-corrected chi connectivity index (χ3v) is 5.03. The van der Waals surface area contributed by atoms with Crippen molar-refractivity contribution in [1.29, 1.82) is 0 Å². The van der Waals surface area contributed by atoms with Crippen LogP contribution in [-0.2, 0) is 0 Å². The number of amides is 1. The Hall–Kier alpha value is -3.60. The van der Waals surface area contributed by atoms with Crippen molar-refractivity contribution >= 4 is 11.6 Å². The van der Waals surface area contributed by atoms with Gasteiger partial charge in [0.05, 0.1) is 11.8 Å². The van der Waals surface area contributed by atoms with Crippen LogP contribution >= 0.6 is 0 Å². The Bertz CT molecular complexity index is 1050. The number of carbonyl (C=O) groups excluding carboxylic acids is 1. The van der Waals surface area contributed by atoms with Gasteiger partial charge in [0.25, 0.3) is 5.91 Å². The SMILES string of the molecule is O=C(c1ccccc1)N1N=C(c2ccccc2)C[C@H]1c1ccc2c(c1)OCO2. The number of rotatable bonds is 3. The van der Waals surface area contributed by atoms with E-state index in [1.54, 1.807) is 5.01 Å². The highest BCUT2D eigenvalue weighted by molar-refractivity contribution is 6.05. The molecular weight excluding hydrogens is 352 g/mol. The Kier molecular flexibility index (Phi) is 4.05. The molecule has 2 aliphatic heterocycles. The molecule has 0 aromatic heterocycles. The van der Waals surface area contributed by atoms with E-state index in [9.17, 15) is 4.79 Å². The van der Waals surface area contributed by atoms with Gasteiger partial charge >= 0.3 is 0 Å². The minimum atomic E-state index is -0.197. The molecule has 5 nitrogen and oxygen atoms in total. The molecule has 138 valence electrons. The van der Waals surface area contributed by atoms with Crippen LogP contribution in [0.2, 0.25) is 0 Å². The number of nitrogens with zero attached hydrogens (tertiary/aromatic N) is 2. The molecule has 2 aliphatic rings. The third kappa shape index (κ3) is 2.91. The summed E-state index contributed by atoms with van der Waals surface area (Å²) in [6.07, 6.45) is 0.641. The summed E-state index contributed by atoms with van der Waals surface area (Å²) in [4.78, 5) is 13.2. The summed E-state index contributed by atoms with van der Waals surface area (Å²) in [5.41, 5.74) is 3.51. The maximum atomic E-state index is 13.2. The molecule has 28 heavy (non-hydrogen) atoms. The van der Waals surface area contributed by atoms with Crippen LogP contribution in [0.4, 0.5) is 0 Å². The number of hydrazone groups is 1. The van der Waals surface area contributed by atoms with Crippen LogP contribution < -0.4 is 9.47 Å². The summed E-state index contributed by atoms with van der Waals surface area (Å²) < 4.78 is 10.9. The second-order valence-corrected chi connectivity index (χ2v) is 6.76. The molecule has 0 saturated carbocycles. The normalized spacial score (nSPS) is 17.5. The fourth-order valence-electron chi connectivity index (χ4n) is 3.60. The van der Waals surface area contributed by atoms with Gasteiger partial charge in [0, 0.05) is 12.0 Å². The van der Waals surface area contributed by atoms with E-state index in [1.165, 1.54) is 0 Å². The van der Waals surface area contributed by atoms with E-state index in [0.717, 1.165) is 22.6 Å². The van der Waals surface area contributed by atoms with E-state index in [0.29, 0.717) is 17.7 Å². The largest absolute Gasteiger partial charge is 0.454 e. The van der Waals surface area contributed by atoms with Crippen molar-refractivity contribution in [3.05, 3.63) is 95.6 Å². The average Bonchev–Trinajstić information content (AvgIpc) is 3.41. The first kappa shape index (κ1) is 16.6. The first-order valence-corrected chi connectivity index (χ1v) is 9.21. The fourth-order valence-corrected chi connectivity index (χ4v) is 3.60. The van der Waals surface area contributed by atoms with Gasteiger partial charge in [-0.1, -0.05) is 54.6 Å². The molecule has 1 atom stereocenters. The minimum Gasteiger partial charge on any atom is -0.454 e. The first-order chi connectivity index (χ1) is 13.8. The quantitative estimate of drug-likeness (QED) is 0.686. The standard InChI is InChI=1S/C23H18N2O3/c26-23(17-9-5-2-6-10-17)25-20(14-19(24-25)16-7-3-1-4-8-16)18-11-12-21-22(13-18)28-15-27-21/h1-13,20H,14-15H2/t20-/m0/s1. The molecule has 5 heteroatoms. The van der Waals surface area contributed by atoms with E-state index in [1.807, 2.05) is 78.9 Å². The van der Waals surface area contributed by atoms with Gasteiger partial charge in [0.15, 0.2) is 11.5 Å². The summed E-state index contributed by atoms with van der Waals surface area (Å²) in [6.45, 7) is 0.224. The van der Waals surface area contributed by atoms with Crippen molar-refractivity contribution in [3.63, 3.8) is 0 Å². The van der Waals surface area contributed by atoms with Gasteiger partial charge in [0.1, 0.15) is 0 Å². The number of hydrogen-bond acceptors (Lipinski definition) is 4. The summed E-state index contributed by atoms with van der Waals surface area (Å²) in [7, 11) is 0. The van der Waals surface area contributed by atoms with Crippen molar-refractivity contribution in [1.82, 2.24) is 5.01 Å². The summed E-state index contributed by atoms with van der Waals surface area (Å²) in [5, 5.41) is 6.31. The highest BCUT2D eigenvalue weighted by Crippen LogP contribution is 2.39. The highest BCUT2D eigenvalue weighted by Gasteiger charge is 2.34. The fraction of sp³-hybridized carbons (Fsp3) is 0.130. The molecule has 0 saturated heterocycles. The molecule has 2 heterocycles. The molecule has 3 aromatic carbocycles. The molecule has 0 fully saturated rings. The van der Waals surface area contributed by atoms with Crippen LogP contribution in [0.15, 0.2) is 84.0 Å². The Morgan fingerprint density at radius 2 is 1.61 bits per heavy atom. The van der Waals surface area contributed by atoms with Gasteiger partial charge in [-0.2, -0.15) is 5.10 Å². The molecule has 0 spiro atoms. The molecule has 5 rings (SSSR count). The Labute approximate surface area is 162 Å². The lowest BCUT2D eigenvalue weighted by Crippen LogP contribution is -2.27.